The van der Waals surface area contributed by atoms with Gasteiger partial charge in [0.15, 0.2) is 0 Å². The Morgan fingerprint density at radius 1 is 1.27 bits per heavy atom. The molecule has 0 aromatic carbocycles. The number of rotatable bonds is 7. The van der Waals surface area contributed by atoms with Crippen molar-refractivity contribution in [1.82, 2.24) is 5.32 Å². The van der Waals surface area contributed by atoms with Crippen LogP contribution < -0.4 is 5.32 Å². The molecule has 0 aliphatic rings. The molecule has 0 fully saturated rings. The smallest absolute Gasteiger partial charge is 0.0619 e. The summed E-state index contributed by atoms with van der Waals surface area (Å²) in [6.45, 7) is 9.18. The molecule has 11 heavy (non-hydrogen) atoms. The van der Waals surface area contributed by atoms with Crippen molar-refractivity contribution in [2.24, 2.45) is 0 Å². The Morgan fingerprint density at radius 3 is 2.45 bits per heavy atom. The molecule has 0 rings (SSSR count). The summed E-state index contributed by atoms with van der Waals surface area (Å²) < 4.78 is 5.32. The normalized spacial score (nSPS) is 13.4. The van der Waals surface area contributed by atoms with Crippen molar-refractivity contribution < 1.29 is 4.74 Å². The van der Waals surface area contributed by atoms with E-state index in [0.29, 0.717) is 6.04 Å². The van der Waals surface area contributed by atoms with Crippen LogP contribution in [0.4, 0.5) is 0 Å². The largest absolute Gasteiger partial charge is 0.380 e. The first kappa shape index (κ1) is 10.9. The van der Waals surface area contributed by atoms with E-state index < -0.39 is 0 Å². The van der Waals surface area contributed by atoms with Gasteiger partial charge in [0.1, 0.15) is 0 Å². The minimum Gasteiger partial charge on any atom is -0.380 e. The fourth-order valence-electron chi connectivity index (χ4n) is 0.930. The second-order valence-electron chi connectivity index (χ2n) is 2.72. The Morgan fingerprint density at radius 2 is 2.00 bits per heavy atom. The van der Waals surface area contributed by atoms with E-state index in [-0.39, 0.29) is 0 Å². The molecule has 0 aromatic rings. The molecule has 0 radical (unpaired) electrons. The van der Waals surface area contributed by atoms with Crippen LogP contribution in [0.25, 0.3) is 0 Å². The lowest BCUT2D eigenvalue weighted by Gasteiger charge is -2.15. The van der Waals surface area contributed by atoms with Crippen LogP contribution in [0.1, 0.15) is 33.6 Å². The first-order valence-electron chi connectivity index (χ1n) is 4.66. The first-order chi connectivity index (χ1) is 5.35. The molecule has 1 N–H and O–H groups in total. The summed E-state index contributed by atoms with van der Waals surface area (Å²) in [6.07, 6.45) is 2.35. The van der Waals surface area contributed by atoms with E-state index in [4.69, 9.17) is 4.74 Å². The molecule has 0 bridgehead atoms. The Hall–Kier alpha value is -0.0800. The minimum atomic E-state index is 0.551. The molecule has 1 atom stereocenters. The molecule has 0 aliphatic carbocycles. The van der Waals surface area contributed by atoms with Crippen molar-refractivity contribution in [3.05, 3.63) is 0 Å². The molecule has 68 valence electrons. The van der Waals surface area contributed by atoms with Gasteiger partial charge in [0, 0.05) is 12.6 Å². The van der Waals surface area contributed by atoms with Crippen molar-refractivity contribution in [3.63, 3.8) is 0 Å². The molecule has 0 aromatic heterocycles. The lowest BCUT2D eigenvalue weighted by atomic mass is 10.2. The van der Waals surface area contributed by atoms with Crippen molar-refractivity contribution in [3.8, 4) is 0 Å². The Bertz CT molecular complexity index is 68.0. The highest BCUT2D eigenvalue weighted by Gasteiger charge is 2.02. The SMILES string of the molecule is CCCNC(CC)COCC. The van der Waals surface area contributed by atoms with E-state index >= 15 is 0 Å². The van der Waals surface area contributed by atoms with Gasteiger partial charge in [-0.25, -0.2) is 0 Å². The topological polar surface area (TPSA) is 21.3 Å². The summed E-state index contributed by atoms with van der Waals surface area (Å²) in [6, 6.07) is 0.551. The fraction of sp³-hybridized carbons (Fsp3) is 1.00. The molecule has 0 saturated heterocycles. The van der Waals surface area contributed by atoms with Crippen LogP contribution in [0, 0.1) is 0 Å². The van der Waals surface area contributed by atoms with E-state index in [1.165, 1.54) is 6.42 Å². The number of hydrogen-bond acceptors (Lipinski definition) is 2. The van der Waals surface area contributed by atoms with Crippen LogP contribution in [-0.2, 0) is 4.74 Å². The van der Waals surface area contributed by atoms with Gasteiger partial charge in [-0.1, -0.05) is 13.8 Å². The highest BCUT2D eigenvalue weighted by molar-refractivity contribution is 4.62. The van der Waals surface area contributed by atoms with Crippen LogP contribution in [0.15, 0.2) is 0 Å². The van der Waals surface area contributed by atoms with E-state index in [1.807, 2.05) is 6.92 Å². The molecule has 1 unspecified atom stereocenters. The molecule has 0 saturated carbocycles. The monoisotopic (exact) mass is 159 g/mol. The maximum absolute atomic E-state index is 5.32. The number of nitrogens with one attached hydrogen (secondary N) is 1. The average molecular weight is 159 g/mol. The summed E-state index contributed by atoms with van der Waals surface area (Å²) in [7, 11) is 0. The second kappa shape index (κ2) is 8.02. The third kappa shape index (κ3) is 6.32. The molecule has 2 nitrogen and oxygen atoms in total. The van der Waals surface area contributed by atoms with Gasteiger partial charge in [-0.05, 0) is 26.3 Å². The van der Waals surface area contributed by atoms with E-state index in [9.17, 15) is 0 Å². The summed E-state index contributed by atoms with van der Waals surface area (Å²) in [5.41, 5.74) is 0. The summed E-state index contributed by atoms with van der Waals surface area (Å²) in [5.74, 6) is 0. The summed E-state index contributed by atoms with van der Waals surface area (Å²) in [4.78, 5) is 0. The highest BCUT2D eigenvalue weighted by atomic mass is 16.5. The maximum atomic E-state index is 5.32. The predicted molar refractivity (Wildman–Crippen MR) is 48.9 cm³/mol. The number of ether oxygens (including phenoxy) is 1. The van der Waals surface area contributed by atoms with Crippen molar-refractivity contribution in [2.75, 3.05) is 19.8 Å². The Kier molecular flexibility index (Phi) is 7.96. The minimum absolute atomic E-state index is 0.551. The standard InChI is InChI=1S/C9H21NO/c1-4-7-10-9(5-2)8-11-6-3/h9-10H,4-8H2,1-3H3. The number of hydrogen-bond donors (Lipinski definition) is 1. The Balaban J connectivity index is 3.25. The molecule has 0 spiro atoms. The van der Waals surface area contributed by atoms with Gasteiger partial charge in [0.25, 0.3) is 0 Å². The summed E-state index contributed by atoms with van der Waals surface area (Å²) >= 11 is 0. The van der Waals surface area contributed by atoms with Crippen LogP contribution in [0.2, 0.25) is 0 Å². The van der Waals surface area contributed by atoms with Gasteiger partial charge in [-0.3, -0.25) is 0 Å². The lowest BCUT2D eigenvalue weighted by Crippen LogP contribution is -2.33. The summed E-state index contributed by atoms with van der Waals surface area (Å²) in [5, 5.41) is 3.43. The average Bonchev–Trinajstić information content (AvgIpc) is 2.05. The van der Waals surface area contributed by atoms with Crippen molar-refractivity contribution in [1.29, 1.82) is 0 Å². The van der Waals surface area contributed by atoms with E-state index in [1.54, 1.807) is 0 Å². The molecule has 0 heterocycles. The third-order valence-corrected chi connectivity index (χ3v) is 1.70. The van der Waals surface area contributed by atoms with Gasteiger partial charge in [-0.2, -0.15) is 0 Å². The fourth-order valence-corrected chi connectivity index (χ4v) is 0.930. The third-order valence-electron chi connectivity index (χ3n) is 1.70. The zero-order valence-corrected chi connectivity index (χ0v) is 8.02. The zero-order valence-electron chi connectivity index (χ0n) is 8.02. The lowest BCUT2D eigenvalue weighted by molar-refractivity contribution is 0.121. The van der Waals surface area contributed by atoms with Crippen LogP contribution in [0.5, 0.6) is 0 Å². The van der Waals surface area contributed by atoms with Crippen molar-refractivity contribution in [2.45, 2.75) is 39.7 Å². The molecule has 0 aliphatic heterocycles. The molecule has 2 heteroatoms. The van der Waals surface area contributed by atoms with Gasteiger partial charge < -0.3 is 10.1 Å². The van der Waals surface area contributed by atoms with E-state index in [0.717, 1.165) is 26.2 Å². The highest BCUT2D eigenvalue weighted by Crippen LogP contribution is 1.91. The predicted octanol–water partition coefficient (Wildman–Crippen LogP) is 1.80. The van der Waals surface area contributed by atoms with Crippen LogP contribution >= 0.6 is 0 Å². The van der Waals surface area contributed by atoms with Crippen LogP contribution in [-0.4, -0.2) is 25.8 Å². The van der Waals surface area contributed by atoms with Gasteiger partial charge in [0.2, 0.25) is 0 Å². The maximum Gasteiger partial charge on any atom is 0.0619 e. The molecular weight excluding hydrogens is 138 g/mol. The molecule has 0 amide bonds. The molecular formula is C9H21NO. The first-order valence-corrected chi connectivity index (χ1v) is 4.66. The van der Waals surface area contributed by atoms with Crippen LogP contribution in [0.3, 0.4) is 0 Å². The zero-order chi connectivity index (χ0) is 8.53. The van der Waals surface area contributed by atoms with Gasteiger partial charge >= 0.3 is 0 Å². The quantitative estimate of drug-likeness (QED) is 0.611. The second-order valence-corrected chi connectivity index (χ2v) is 2.72. The van der Waals surface area contributed by atoms with E-state index in [2.05, 4.69) is 19.2 Å². The Labute approximate surface area is 70.3 Å². The van der Waals surface area contributed by atoms with Gasteiger partial charge in [0.05, 0.1) is 6.61 Å². The van der Waals surface area contributed by atoms with Gasteiger partial charge in [-0.15, -0.1) is 0 Å². The van der Waals surface area contributed by atoms with Crippen molar-refractivity contribution >= 4 is 0 Å².